The van der Waals surface area contributed by atoms with E-state index in [1.54, 1.807) is 25.1 Å². The van der Waals surface area contributed by atoms with E-state index in [2.05, 4.69) is 5.32 Å². The van der Waals surface area contributed by atoms with E-state index < -0.39 is 24.0 Å². The van der Waals surface area contributed by atoms with Crippen LogP contribution < -0.4 is 10.1 Å². The molecule has 0 heterocycles. The van der Waals surface area contributed by atoms with E-state index in [0.717, 1.165) is 5.56 Å². The number of carbonyl (C=O) groups excluding carboxylic acids is 1. The Morgan fingerprint density at radius 1 is 1.37 bits per heavy atom. The lowest BCUT2D eigenvalue weighted by molar-refractivity contribution is -0.142. The Morgan fingerprint density at radius 2 is 2.00 bits per heavy atom. The fourth-order valence-corrected chi connectivity index (χ4v) is 1.61. The third-order valence-corrected chi connectivity index (χ3v) is 2.77. The number of nitrogens with one attached hydrogen (secondary N) is 1. The number of carboxylic acid groups (broad SMARTS) is 1. The van der Waals surface area contributed by atoms with E-state index in [4.69, 9.17) is 21.4 Å². The number of benzene rings is 1. The fraction of sp³-hybridized carbons (Fsp3) is 0.385. The number of carboxylic acids is 1. The Kier molecular flexibility index (Phi) is 5.18. The van der Waals surface area contributed by atoms with Crippen molar-refractivity contribution in [1.82, 2.24) is 5.32 Å². The predicted molar refractivity (Wildman–Crippen MR) is 71.5 cm³/mol. The molecule has 0 spiro atoms. The minimum absolute atomic E-state index is 0.482. The van der Waals surface area contributed by atoms with Crippen LogP contribution in [0.1, 0.15) is 19.4 Å². The molecular formula is C13H16ClNO4. The molecule has 19 heavy (non-hydrogen) atoms. The SMILES string of the molecule is Cc1cc(Cl)ccc1OC(C)C(=O)N[C@@H](C)C(=O)O. The molecule has 2 atom stereocenters. The zero-order valence-electron chi connectivity index (χ0n) is 10.9. The standard InChI is InChI=1S/C13H16ClNO4/c1-7-6-10(14)4-5-11(7)19-9(3)12(16)15-8(2)13(17)18/h4-6,8-9H,1-3H3,(H,15,16)(H,17,18)/t8-,9?/m0/s1. The van der Waals surface area contributed by atoms with Crippen molar-refractivity contribution in [2.24, 2.45) is 0 Å². The van der Waals surface area contributed by atoms with Crippen molar-refractivity contribution in [1.29, 1.82) is 0 Å². The third kappa shape index (κ3) is 4.44. The van der Waals surface area contributed by atoms with Crippen molar-refractivity contribution in [3.8, 4) is 5.75 Å². The van der Waals surface area contributed by atoms with Gasteiger partial charge in [-0.05, 0) is 44.5 Å². The normalized spacial score (nSPS) is 13.5. The first-order valence-corrected chi connectivity index (χ1v) is 6.15. The molecule has 0 aliphatic rings. The lowest BCUT2D eigenvalue weighted by Gasteiger charge is -2.17. The summed E-state index contributed by atoms with van der Waals surface area (Å²) in [5.74, 6) is -1.04. The van der Waals surface area contributed by atoms with Gasteiger partial charge in [0.05, 0.1) is 0 Å². The van der Waals surface area contributed by atoms with Crippen molar-refractivity contribution in [3.05, 3.63) is 28.8 Å². The molecule has 1 unspecified atom stereocenters. The number of hydrogen-bond donors (Lipinski definition) is 2. The highest BCUT2D eigenvalue weighted by atomic mass is 35.5. The molecule has 1 aromatic rings. The monoisotopic (exact) mass is 285 g/mol. The van der Waals surface area contributed by atoms with Crippen LogP contribution in [0.2, 0.25) is 5.02 Å². The molecule has 0 radical (unpaired) electrons. The van der Waals surface area contributed by atoms with Crippen molar-refractivity contribution < 1.29 is 19.4 Å². The van der Waals surface area contributed by atoms with Crippen LogP contribution in [0.25, 0.3) is 0 Å². The molecule has 1 rings (SSSR count). The lowest BCUT2D eigenvalue weighted by Crippen LogP contribution is -2.44. The number of aliphatic carboxylic acids is 1. The number of rotatable bonds is 5. The molecule has 0 aromatic heterocycles. The van der Waals surface area contributed by atoms with Gasteiger partial charge in [-0.2, -0.15) is 0 Å². The first-order chi connectivity index (χ1) is 8.81. The van der Waals surface area contributed by atoms with E-state index in [0.29, 0.717) is 10.8 Å². The van der Waals surface area contributed by atoms with Gasteiger partial charge in [0.2, 0.25) is 0 Å². The maximum Gasteiger partial charge on any atom is 0.325 e. The summed E-state index contributed by atoms with van der Waals surface area (Å²) in [5.41, 5.74) is 0.804. The van der Waals surface area contributed by atoms with Gasteiger partial charge in [0.25, 0.3) is 5.91 Å². The largest absolute Gasteiger partial charge is 0.481 e. The van der Waals surface area contributed by atoms with Crippen LogP contribution in [-0.2, 0) is 9.59 Å². The highest BCUT2D eigenvalue weighted by Gasteiger charge is 2.20. The number of halogens is 1. The first-order valence-electron chi connectivity index (χ1n) is 5.77. The quantitative estimate of drug-likeness (QED) is 0.868. The van der Waals surface area contributed by atoms with Gasteiger partial charge in [0.1, 0.15) is 11.8 Å². The summed E-state index contributed by atoms with van der Waals surface area (Å²) >= 11 is 5.82. The van der Waals surface area contributed by atoms with E-state index in [9.17, 15) is 9.59 Å². The van der Waals surface area contributed by atoms with Crippen LogP contribution >= 0.6 is 11.6 Å². The average molecular weight is 286 g/mol. The molecule has 0 saturated heterocycles. The summed E-state index contributed by atoms with van der Waals surface area (Å²) in [6, 6.07) is 4.10. The Morgan fingerprint density at radius 3 is 2.53 bits per heavy atom. The van der Waals surface area contributed by atoms with Gasteiger partial charge in [-0.1, -0.05) is 11.6 Å². The van der Waals surface area contributed by atoms with Crippen LogP contribution in [0.5, 0.6) is 5.75 Å². The fourth-order valence-electron chi connectivity index (χ4n) is 1.38. The summed E-state index contributed by atoms with van der Waals surface area (Å²) < 4.78 is 5.48. The second-order valence-electron chi connectivity index (χ2n) is 4.24. The molecule has 0 aliphatic carbocycles. The van der Waals surface area contributed by atoms with Crippen LogP contribution in [-0.4, -0.2) is 29.1 Å². The summed E-state index contributed by atoms with van der Waals surface area (Å²) in [6.45, 7) is 4.75. The molecule has 0 saturated carbocycles. The molecule has 2 N–H and O–H groups in total. The van der Waals surface area contributed by atoms with Crippen molar-refractivity contribution >= 4 is 23.5 Å². The molecular weight excluding hydrogens is 270 g/mol. The molecule has 6 heteroatoms. The summed E-state index contributed by atoms with van der Waals surface area (Å²) in [5, 5.41) is 11.6. The Balaban J connectivity index is 2.66. The Bertz CT molecular complexity index is 490. The third-order valence-electron chi connectivity index (χ3n) is 2.54. The summed E-state index contributed by atoms with van der Waals surface area (Å²) in [4.78, 5) is 22.4. The molecule has 0 fully saturated rings. The zero-order chi connectivity index (χ0) is 14.6. The van der Waals surface area contributed by atoms with Gasteiger partial charge < -0.3 is 15.2 Å². The average Bonchev–Trinajstić information content (AvgIpc) is 2.32. The Hall–Kier alpha value is -1.75. The summed E-state index contributed by atoms with van der Waals surface area (Å²) in [7, 11) is 0. The van der Waals surface area contributed by atoms with Gasteiger partial charge in [-0.25, -0.2) is 0 Å². The van der Waals surface area contributed by atoms with Gasteiger partial charge in [-0.15, -0.1) is 0 Å². The van der Waals surface area contributed by atoms with Crippen LogP contribution in [0, 0.1) is 6.92 Å². The number of amides is 1. The van der Waals surface area contributed by atoms with Gasteiger partial charge >= 0.3 is 5.97 Å². The van der Waals surface area contributed by atoms with Crippen LogP contribution in [0.4, 0.5) is 0 Å². The van der Waals surface area contributed by atoms with Crippen molar-refractivity contribution in [2.45, 2.75) is 32.9 Å². The van der Waals surface area contributed by atoms with Gasteiger partial charge in [0.15, 0.2) is 6.10 Å². The van der Waals surface area contributed by atoms with E-state index in [-0.39, 0.29) is 0 Å². The summed E-state index contributed by atoms with van der Waals surface area (Å²) in [6.07, 6.45) is -0.790. The van der Waals surface area contributed by atoms with Gasteiger partial charge in [0, 0.05) is 5.02 Å². The molecule has 0 aliphatic heterocycles. The van der Waals surface area contributed by atoms with Crippen LogP contribution in [0.3, 0.4) is 0 Å². The maximum atomic E-state index is 11.7. The second kappa shape index (κ2) is 6.43. The van der Waals surface area contributed by atoms with Crippen molar-refractivity contribution in [3.63, 3.8) is 0 Å². The maximum absolute atomic E-state index is 11.7. The predicted octanol–water partition coefficient (Wildman–Crippen LogP) is 2.01. The number of ether oxygens (including phenoxy) is 1. The molecule has 1 amide bonds. The smallest absolute Gasteiger partial charge is 0.325 e. The van der Waals surface area contributed by atoms with Crippen LogP contribution in [0.15, 0.2) is 18.2 Å². The lowest BCUT2D eigenvalue weighted by atomic mass is 10.2. The highest BCUT2D eigenvalue weighted by Crippen LogP contribution is 2.22. The Labute approximate surface area is 116 Å². The number of hydrogen-bond acceptors (Lipinski definition) is 3. The molecule has 0 bridgehead atoms. The minimum Gasteiger partial charge on any atom is -0.481 e. The molecule has 104 valence electrons. The highest BCUT2D eigenvalue weighted by molar-refractivity contribution is 6.30. The van der Waals surface area contributed by atoms with E-state index in [1.807, 2.05) is 6.92 Å². The first kappa shape index (κ1) is 15.3. The minimum atomic E-state index is -1.09. The van der Waals surface area contributed by atoms with E-state index >= 15 is 0 Å². The topological polar surface area (TPSA) is 75.6 Å². The van der Waals surface area contributed by atoms with Crippen molar-refractivity contribution in [2.75, 3.05) is 0 Å². The second-order valence-corrected chi connectivity index (χ2v) is 4.67. The number of aryl methyl sites for hydroxylation is 1. The number of carbonyl (C=O) groups is 2. The zero-order valence-corrected chi connectivity index (χ0v) is 11.7. The van der Waals surface area contributed by atoms with Gasteiger partial charge in [-0.3, -0.25) is 9.59 Å². The molecule has 1 aromatic carbocycles. The molecule has 5 nitrogen and oxygen atoms in total. The van der Waals surface area contributed by atoms with E-state index in [1.165, 1.54) is 6.92 Å².